The van der Waals surface area contributed by atoms with Gasteiger partial charge in [0.25, 0.3) is 0 Å². The number of benzene rings is 1. The van der Waals surface area contributed by atoms with Crippen molar-refractivity contribution < 1.29 is 19.5 Å². The van der Waals surface area contributed by atoms with Crippen molar-refractivity contribution in [1.82, 2.24) is 0 Å². The van der Waals surface area contributed by atoms with Gasteiger partial charge < -0.3 is 21.9 Å². The molecule has 8 heteroatoms. The molecule has 0 aliphatic carbocycles. The minimum absolute atomic E-state index is 0.0113. The number of aliphatic carboxylic acids is 1. The van der Waals surface area contributed by atoms with Crippen LogP contribution in [0.4, 0.5) is 5.69 Å². The van der Waals surface area contributed by atoms with Crippen LogP contribution in [0.3, 0.4) is 0 Å². The summed E-state index contributed by atoms with van der Waals surface area (Å²) in [4.78, 5) is 33.2. The normalized spacial score (nSPS) is 11.7. The molecule has 1 aromatic rings. The van der Waals surface area contributed by atoms with Crippen LogP contribution in [0.5, 0.6) is 0 Å². The number of nitrogens with one attached hydrogen (secondary N) is 1. The van der Waals surface area contributed by atoms with Gasteiger partial charge in [0.2, 0.25) is 11.8 Å². The van der Waals surface area contributed by atoms with Crippen LogP contribution >= 0.6 is 11.6 Å². The smallest absolute Gasteiger partial charge is 0.303 e. The number of rotatable bonds is 6. The van der Waals surface area contributed by atoms with E-state index in [1.165, 1.54) is 18.2 Å². The maximum Gasteiger partial charge on any atom is 0.303 e. The first-order valence-corrected chi connectivity index (χ1v) is 6.06. The van der Waals surface area contributed by atoms with E-state index in [9.17, 15) is 14.4 Å². The molecule has 0 bridgehead atoms. The third-order valence-electron chi connectivity index (χ3n) is 2.51. The average Bonchev–Trinajstić information content (AvgIpc) is 2.37. The molecule has 108 valence electrons. The van der Waals surface area contributed by atoms with Crippen LogP contribution in [-0.2, 0) is 9.59 Å². The van der Waals surface area contributed by atoms with E-state index in [0.717, 1.165) is 0 Å². The highest BCUT2D eigenvalue weighted by Crippen LogP contribution is 2.20. The number of hydrogen-bond acceptors (Lipinski definition) is 4. The van der Waals surface area contributed by atoms with Crippen molar-refractivity contribution in [3.63, 3.8) is 0 Å². The van der Waals surface area contributed by atoms with Crippen LogP contribution in [0.15, 0.2) is 18.2 Å². The summed E-state index contributed by atoms with van der Waals surface area (Å²) in [6.45, 7) is 0. The van der Waals surface area contributed by atoms with E-state index in [1.807, 2.05) is 0 Å². The van der Waals surface area contributed by atoms with E-state index < -0.39 is 23.8 Å². The largest absolute Gasteiger partial charge is 0.481 e. The summed E-state index contributed by atoms with van der Waals surface area (Å²) in [6, 6.07) is 3.27. The molecule has 0 saturated heterocycles. The molecule has 2 amide bonds. The fraction of sp³-hybridized carbons (Fsp3) is 0.250. The Kier molecular flexibility index (Phi) is 5.48. The number of nitrogens with two attached hydrogens (primary N) is 2. The number of carbonyl (C=O) groups excluding carboxylic acids is 2. The highest BCUT2D eigenvalue weighted by molar-refractivity contribution is 6.34. The lowest BCUT2D eigenvalue weighted by molar-refractivity contribution is -0.137. The molecule has 1 atom stereocenters. The minimum atomic E-state index is -1.03. The van der Waals surface area contributed by atoms with Gasteiger partial charge >= 0.3 is 5.97 Å². The summed E-state index contributed by atoms with van der Waals surface area (Å²) >= 11 is 5.77. The monoisotopic (exact) mass is 299 g/mol. The third-order valence-corrected chi connectivity index (χ3v) is 2.83. The Bertz CT molecular complexity index is 548. The Hall–Kier alpha value is -2.12. The number of carboxylic acid groups (broad SMARTS) is 1. The van der Waals surface area contributed by atoms with Gasteiger partial charge in [-0.25, -0.2) is 0 Å². The zero-order chi connectivity index (χ0) is 15.3. The lowest BCUT2D eigenvalue weighted by Crippen LogP contribution is -2.36. The molecule has 1 unspecified atom stereocenters. The van der Waals surface area contributed by atoms with Gasteiger partial charge in [-0.15, -0.1) is 0 Å². The van der Waals surface area contributed by atoms with Crippen molar-refractivity contribution in [2.45, 2.75) is 18.9 Å². The molecule has 0 heterocycles. The molecule has 1 aromatic carbocycles. The number of hydrogen-bond donors (Lipinski definition) is 4. The SMILES string of the molecule is NC(=O)c1cc(NC(=O)C(N)CCC(=O)O)ccc1Cl. The van der Waals surface area contributed by atoms with Gasteiger partial charge in [-0.1, -0.05) is 11.6 Å². The average molecular weight is 300 g/mol. The van der Waals surface area contributed by atoms with Gasteiger partial charge in [-0.3, -0.25) is 14.4 Å². The lowest BCUT2D eigenvalue weighted by Gasteiger charge is -2.12. The number of carbonyl (C=O) groups is 3. The van der Waals surface area contributed by atoms with Crippen molar-refractivity contribution in [2.24, 2.45) is 11.5 Å². The second-order valence-electron chi connectivity index (χ2n) is 4.09. The molecular weight excluding hydrogens is 286 g/mol. The molecule has 0 saturated carbocycles. The second kappa shape index (κ2) is 6.88. The van der Waals surface area contributed by atoms with Crippen LogP contribution in [0.2, 0.25) is 5.02 Å². The van der Waals surface area contributed by atoms with Crippen molar-refractivity contribution in [3.05, 3.63) is 28.8 Å². The Morgan fingerprint density at radius 1 is 1.35 bits per heavy atom. The molecule has 0 aromatic heterocycles. The summed E-state index contributed by atoms with van der Waals surface area (Å²) in [5, 5.41) is 11.1. The van der Waals surface area contributed by atoms with E-state index in [1.54, 1.807) is 0 Å². The molecule has 0 fully saturated rings. The van der Waals surface area contributed by atoms with Gasteiger partial charge in [0, 0.05) is 12.1 Å². The second-order valence-corrected chi connectivity index (χ2v) is 4.49. The number of carboxylic acids is 1. The zero-order valence-corrected chi connectivity index (χ0v) is 11.2. The summed E-state index contributed by atoms with van der Waals surface area (Å²) in [5.74, 6) is -2.30. The van der Waals surface area contributed by atoms with Crippen LogP contribution in [-0.4, -0.2) is 28.9 Å². The fourth-order valence-corrected chi connectivity index (χ4v) is 1.65. The van der Waals surface area contributed by atoms with E-state index in [-0.39, 0.29) is 23.4 Å². The maximum atomic E-state index is 11.7. The summed E-state index contributed by atoms with van der Waals surface area (Å²) < 4.78 is 0. The van der Waals surface area contributed by atoms with Gasteiger partial charge in [-0.2, -0.15) is 0 Å². The van der Waals surface area contributed by atoms with Crippen LogP contribution in [0, 0.1) is 0 Å². The standard InChI is InChI=1S/C12H14ClN3O4/c13-8-2-1-6(5-7(8)11(15)19)16-12(20)9(14)3-4-10(17)18/h1-2,5,9H,3-4,14H2,(H2,15,19)(H,16,20)(H,17,18). The Morgan fingerprint density at radius 2 is 2.00 bits per heavy atom. The summed E-state index contributed by atoms with van der Waals surface area (Å²) in [7, 11) is 0. The minimum Gasteiger partial charge on any atom is -0.481 e. The Labute approximate surface area is 119 Å². The number of amides is 2. The topological polar surface area (TPSA) is 136 Å². The number of halogens is 1. The molecule has 0 aliphatic rings. The summed E-state index contributed by atoms with van der Waals surface area (Å²) in [5.41, 5.74) is 11.1. The van der Waals surface area contributed by atoms with Crippen LogP contribution in [0.25, 0.3) is 0 Å². The molecule has 20 heavy (non-hydrogen) atoms. The van der Waals surface area contributed by atoms with Gasteiger partial charge in [0.05, 0.1) is 16.6 Å². The van der Waals surface area contributed by atoms with Crippen molar-refractivity contribution in [3.8, 4) is 0 Å². The Morgan fingerprint density at radius 3 is 2.55 bits per heavy atom. The van der Waals surface area contributed by atoms with Gasteiger partial charge in [0.1, 0.15) is 0 Å². The van der Waals surface area contributed by atoms with Crippen LogP contribution < -0.4 is 16.8 Å². The number of anilines is 1. The zero-order valence-electron chi connectivity index (χ0n) is 10.4. The highest BCUT2D eigenvalue weighted by Gasteiger charge is 2.16. The first-order chi connectivity index (χ1) is 9.31. The maximum absolute atomic E-state index is 11.7. The van der Waals surface area contributed by atoms with Gasteiger partial charge in [0.15, 0.2) is 0 Å². The Balaban J connectivity index is 2.73. The fourth-order valence-electron chi connectivity index (χ4n) is 1.44. The van der Waals surface area contributed by atoms with Crippen LogP contribution in [0.1, 0.15) is 23.2 Å². The lowest BCUT2D eigenvalue weighted by atomic mass is 10.1. The summed E-state index contributed by atoms with van der Waals surface area (Å²) in [6.07, 6.45) is -0.195. The predicted octanol–water partition coefficient (Wildman–Crippen LogP) is 0.570. The molecule has 0 spiro atoms. The van der Waals surface area contributed by atoms with Crippen molar-refractivity contribution >= 4 is 35.1 Å². The molecule has 6 N–H and O–H groups in total. The molecule has 1 rings (SSSR count). The predicted molar refractivity (Wildman–Crippen MR) is 73.4 cm³/mol. The highest BCUT2D eigenvalue weighted by atomic mass is 35.5. The molecule has 0 aliphatic heterocycles. The molecule has 0 radical (unpaired) electrons. The first kappa shape index (κ1) is 15.9. The van der Waals surface area contributed by atoms with Crippen molar-refractivity contribution in [1.29, 1.82) is 0 Å². The van der Waals surface area contributed by atoms with E-state index in [0.29, 0.717) is 5.69 Å². The molecular formula is C12H14ClN3O4. The van der Waals surface area contributed by atoms with E-state index >= 15 is 0 Å². The first-order valence-electron chi connectivity index (χ1n) is 5.69. The molecule has 7 nitrogen and oxygen atoms in total. The van der Waals surface area contributed by atoms with E-state index in [2.05, 4.69) is 5.32 Å². The van der Waals surface area contributed by atoms with Crippen molar-refractivity contribution in [2.75, 3.05) is 5.32 Å². The van der Waals surface area contributed by atoms with E-state index in [4.69, 9.17) is 28.2 Å². The number of primary amides is 1. The van der Waals surface area contributed by atoms with Gasteiger partial charge in [-0.05, 0) is 24.6 Å². The quantitative estimate of drug-likeness (QED) is 0.609. The third kappa shape index (κ3) is 4.52.